The summed E-state index contributed by atoms with van der Waals surface area (Å²) in [5.41, 5.74) is -0.311. The number of methoxy groups -OCH3 is 1. The fourth-order valence-electron chi connectivity index (χ4n) is 2.59. The third-order valence-electron chi connectivity index (χ3n) is 3.71. The van der Waals surface area contributed by atoms with Gasteiger partial charge in [0.2, 0.25) is 5.91 Å². The Hall–Kier alpha value is -0.650. The number of rotatable bonds is 4. The summed E-state index contributed by atoms with van der Waals surface area (Å²) in [7, 11) is 1.70. The number of carbonyl (C=O) groups is 1. The molecule has 2 atom stereocenters. The van der Waals surface area contributed by atoms with Gasteiger partial charge in [0.15, 0.2) is 0 Å². The van der Waals surface area contributed by atoms with Crippen LogP contribution in [0.4, 0.5) is 0 Å². The molecule has 2 aliphatic rings. The van der Waals surface area contributed by atoms with Crippen LogP contribution in [0.15, 0.2) is 0 Å². The van der Waals surface area contributed by atoms with Gasteiger partial charge in [-0.15, -0.1) is 0 Å². The van der Waals surface area contributed by atoms with Crippen LogP contribution in [0.3, 0.4) is 0 Å². The van der Waals surface area contributed by atoms with Crippen molar-refractivity contribution >= 4 is 5.91 Å². The molecule has 5 nitrogen and oxygen atoms in total. The minimum atomic E-state index is -0.311. The van der Waals surface area contributed by atoms with E-state index in [1.54, 1.807) is 7.11 Å². The zero-order chi connectivity index (χ0) is 12.5. The molecule has 0 aromatic rings. The molecule has 1 amide bonds. The summed E-state index contributed by atoms with van der Waals surface area (Å²) in [5.74, 6) is 0.560. The van der Waals surface area contributed by atoms with Crippen molar-refractivity contribution in [1.29, 1.82) is 0 Å². The number of hydrogen-bond donors (Lipinski definition) is 1. The predicted molar refractivity (Wildman–Crippen MR) is 63.5 cm³/mol. The molecule has 98 valence electrons. The first-order valence-corrected chi connectivity index (χ1v) is 6.24. The topological polar surface area (TPSA) is 50.8 Å². The summed E-state index contributed by atoms with van der Waals surface area (Å²) in [6.07, 6.45) is 0.980. The fourth-order valence-corrected chi connectivity index (χ4v) is 2.59. The molecule has 0 aliphatic carbocycles. The summed E-state index contributed by atoms with van der Waals surface area (Å²) < 4.78 is 11.0. The maximum absolute atomic E-state index is 11.9. The molecule has 0 aromatic carbocycles. The van der Waals surface area contributed by atoms with Gasteiger partial charge < -0.3 is 14.4 Å². The number of nitrogens with one attached hydrogen (secondary N) is 1. The lowest BCUT2D eigenvalue weighted by atomic mass is 10.0. The molecular formula is C12H22N2O3. The Morgan fingerprint density at radius 2 is 2.41 bits per heavy atom. The van der Waals surface area contributed by atoms with Gasteiger partial charge in [-0.1, -0.05) is 13.8 Å². The molecule has 2 heterocycles. The molecule has 2 saturated heterocycles. The number of ether oxygens (including phenoxy) is 2. The van der Waals surface area contributed by atoms with E-state index in [4.69, 9.17) is 9.47 Å². The molecule has 2 unspecified atom stereocenters. The van der Waals surface area contributed by atoms with E-state index in [1.807, 2.05) is 4.90 Å². The number of hydrogen-bond acceptors (Lipinski definition) is 4. The highest BCUT2D eigenvalue weighted by Gasteiger charge is 2.42. The van der Waals surface area contributed by atoms with Crippen LogP contribution in [0.1, 0.15) is 20.3 Å². The molecule has 1 N–H and O–H groups in total. The van der Waals surface area contributed by atoms with E-state index in [0.717, 1.165) is 13.0 Å². The van der Waals surface area contributed by atoms with Crippen molar-refractivity contribution in [3.05, 3.63) is 0 Å². The Balaban J connectivity index is 2.07. The van der Waals surface area contributed by atoms with Gasteiger partial charge in [-0.25, -0.2) is 0 Å². The summed E-state index contributed by atoms with van der Waals surface area (Å²) in [5, 5.41) is 3.25. The molecule has 0 radical (unpaired) electrons. The monoisotopic (exact) mass is 242 g/mol. The number of carbonyl (C=O) groups excluding carboxylic acids is 1. The van der Waals surface area contributed by atoms with Crippen LogP contribution < -0.4 is 5.32 Å². The molecule has 17 heavy (non-hydrogen) atoms. The number of nitrogens with zero attached hydrogens (tertiary/aromatic N) is 1. The number of amides is 1. The quantitative estimate of drug-likeness (QED) is 0.765. The second-order valence-corrected chi connectivity index (χ2v) is 5.28. The van der Waals surface area contributed by atoms with Crippen molar-refractivity contribution in [3.8, 4) is 0 Å². The van der Waals surface area contributed by atoms with Crippen molar-refractivity contribution in [2.45, 2.75) is 32.0 Å². The van der Waals surface area contributed by atoms with Crippen LogP contribution in [-0.2, 0) is 14.3 Å². The van der Waals surface area contributed by atoms with Crippen LogP contribution in [0.25, 0.3) is 0 Å². The average Bonchev–Trinajstić information content (AvgIpc) is 2.89. The summed E-state index contributed by atoms with van der Waals surface area (Å²) in [4.78, 5) is 13.8. The normalized spacial score (nSPS) is 34.0. The highest BCUT2D eigenvalue weighted by molar-refractivity contribution is 5.80. The average molecular weight is 242 g/mol. The van der Waals surface area contributed by atoms with E-state index in [-0.39, 0.29) is 17.7 Å². The van der Waals surface area contributed by atoms with Crippen LogP contribution in [0.5, 0.6) is 0 Å². The third-order valence-corrected chi connectivity index (χ3v) is 3.71. The zero-order valence-corrected chi connectivity index (χ0v) is 10.9. The van der Waals surface area contributed by atoms with Crippen LogP contribution in [-0.4, -0.2) is 56.0 Å². The van der Waals surface area contributed by atoms with Crippen molar-refractivity contribution in [3.63, 3.8) is 0 Å². The van der Waals surface area contributed by atoms with Gasteiger partial charge in [0.1, 0.15) is 5.60 Å². The van der Waals surface area contributed by atoms with Gasteiger partial charge in [0.25, 0.3) is 0 Å². The smallest absolute Gasteiger partial charge is 0.237 e. The largest absolute Gasteiger partial charge is 0.378 e. The van der Waals surface area contributed by atoms with E-state index in [1.165, 1.54) is 0 Å². The van der Waals surface area contributed by atoms with Gasteiger partial charge in [-0.05, 0) is 5.92 Å². The molecule has 0 saturated carbocycles. The first-order valence-electron chi connectivity index (χ1n) is 6.24. The van der Waals surface area contributed by atoms with Gasteiger partial charge in [0, 0.05) is 20.1 Å². The lowest BCUT2D eigenvalue weighted by Crippen LogP contribution is -2.51. The Morgan fingerprint density at radius 1 is 1.65 bits per heavy atom. The highest BCUT2D eigenvalue weighted by atomic mass is 16.5. The minimum Gasteiger partial charge on any atom is -0.378 e. The maximum Gasteiger partial charge on any atom is 0.237 e. The molecule has 0 bridgehead atoms. The summed E-state index contributed by atoms with van der Waals surface area (Å²) in [6, 6.07) is 0. The van der Waals surface area contributed by atoms with E-state index in [0.29, 0.717) is 25.6 Å². The predicted octanol–water partition coefficient (Wildman–Crippen LogP) is 0.206. The summed E-state index contributed by atoms with van der Waals surface area (Å²) >= 11 is 0. The Morgan fingerprint density at radius 3 is 2.94 bits per heavy atom. The first-order chi connectivity index (χ1) is 8.08. The lowest BCUT2D eigenvalue weighted by molar-refractivity contribution is -0.133. The standard InChI is InChI=1S/C12H22N2O3/c1-9(2)11-13-6-10(15)14(11)7-12(16-3)4-5-17-8-12/h9,11,13H,4-8H2,1-3H3. The van der Waals surface area contributed by atoms with E-state index < -0.39 is 0 Å². The Labute approximate surface area is 102 Å². The molecule has 2 aliphatic heterocycles. The van der Waals surface area contributed by atoms with E-state index in [2.05, 4.69) is 19.2 Å². The van der Waals surface area contributed by atoms with Gasteiger partial charge in [-0.2, -0.15) is 0 Å². The van der Waals surface area contributed by atoms with Gasteiger partial charge >= 0.3 is 0 Å². The van der Waals surface area contributed by atoms with E-state index >= 15 is 0 Å². The van der Waals surface area contributed by atoms with Crippen molar-refractivity contribution in [2.75, 3.05) is 33.4 Å². The fraction of sp³-hybridized carbons (Fsp3) is 0.917. The first kappa shape index (κ1) is 12.8. The third kappa shape index (κ3) is 2.46. The minimum absolute atomic E-state index is 0.120. The maximum atomic E-state index is 11.9. The van der Waals surface area contributed by atoms with Gasteiger partial charge in [-0.3, -0.25) is 10.1 Å². The van der Waals surface area contributed by atoms with Crippen LogP contribution in [0, 0.1) is 5.92 Å². The summed E-state index contributed by atoms with van der Waals surface area (Å²) in [6.45, 7) is 6.59. The Bertz CT molecular complexity index is 287. The van der Waals surface area contributed by atoms with Crippen molar-refractivity contribution in [1.82, 2.24) is 10.2 Å². The second kappa shape index (κ2) is 4.92. The van der Waals surface area contributed by atoms with Crippen molar-refractivity contribution < 1.29 is 14.3 Å². The lowest BCUT2D eigenvalue weighted by Gasteiger charge is -2.35. The highest BCUT2D eigenvalue weighted by Crippen LogP contribution is 2.26. The molecule has 5 heteroatoms. The molecule has 0 spiro atoms. The zero-order valence-electron chi connectivity index (χ0n) is 10.9. The second-order valence-electron chi connectivity index (χ2n) is 5.28. The van der Waals surface area contributed by atoms with E-state index in [9.17, 15) is 4.79 Å². The molecule has 2 rings (SSSR count). The van der Waals surface area contributed by atoms with Gasteiger partial charge in [0.05, 0.1) is 25.9 Å². The Kier molecular flexibility index (Phi) is 3.70. The van der Waals surface area contributed by atoms with Crippen LogP contribution in [0.2, 0.25) is 0 Å². The molecule has 2 fully saturated rings. The SMILES string of the molecule is COC1(CN2C(=O)CNC2C(C)C)CCOC1. The molecule has 0 aromatic heterocycles. The van der Waals surface area contributed by atoms with Crippen LogP contribution >= 0.6 is 0 Å². The molecular weight excluding hydrogens is 220 g/mol. The van der Waals surface area contributed by atoms with Crippen molar-refractivity contribution in [2.24, 2.45) is 5.92 Å².